The molecule has 3 heterocycles. The SMILES string of the molecule is CC(C)(C)OC(=O)N1CCC(Oc2ccc(NC(=O)c3nc[nH]c3C(=O)Nc3nc4ccccc4[nH]3)c(Cl)c2)CC1. The summed E-state index contributed by atoms with van der Waals surface area (Å²) in [5.74, 6) is -0.425. The molecule has 1 aliphatic heterocycles. The van der Waals surface area contributed by atoms with Crippen molar-refractivity contribution >= 4 is 52.2 Å². The Balaban J connectivity index is 1.17. The minimum absolute atomic E-state index is 0.0308. The summed E-state index contributed by atoms with van der Waals surface area (Å²) in [7, 11) is 0. The predicted octanol–water partition coefficient (Wildman–Crippen LogP) is 5.22. The van der Waals surface area contributed by atoms with Crippen LogP contribution < -0.4 is 15.4 Å². The number of piperidine rings is 1. The van der Waals surface area contributed by atoms with E-state index in [1.54, 1.807) is 23.1 Å². The molecule has 0 atom stereocenters. The van der Waals surface area contributed by atoms with E-state index in [0.29, 0.717) is 42.9 Å². The molecule has 4 aromatic rings. The van der Waals surface area contributed by atoms with E-state index in [0.717, 1.165) is 5.52 Å². The zero-order valence-corrected chi connectivity index (χ0v) is 23.5. The lowest BCUT2D eigenvalue weighted by atomic mass is 10.1. The van der Waals surface area contributed by atoms with Gasteiger partial charge in [-0.15, -0.1) is 0 Å². The number of rotatable bonds is 6. The van der Waals surface area contributed by atoms with Crippen LogP contribution in [0.5, 0.6) is 5.75 Å². The number of amides is 3. The summed E-state index contributed by atoms with van der Waals surface area (Å²) in [6.07, 6.45) is 2.13. The Morgan fingerprint density at radius 2 is 1.80 bits per heavy atom. The van der Waals surface area contributed by atoms with Crippen LogP contribution in [-0.4, -0.2) is 67.5 Å². The van der Waals surface area contributed by atoms with E-state index in [-0.39, 0.29) is 34.6 Å². The second-order valence-electron chi connectivity index (χ2n) is 10.6. The zero-order chi connectivity index (χ0) is 29.1. The van der Waals surface area contributed by atoms with Gasteiger partial charge in [-0.1, -0.05) is 23.7 Å². The maximum absolute atomic E-state index is 13.0. The van der Waals surface area contributed by atoms with E-state index in [4.69, 9.17) is 21.1 Å². The molecule has 12 nitrogen and oxygen atoms in total. The number of imidazole rings is 2. The molecule has 0 spiro atoms. The first-order chi connectivity index (χ1) is 19.6. The fraction of sp³-hybridized carbons (Fsp3) is 0.321. The lowest BCUT2D eigenvalue weighted by molar-refractivity contribution is 0.0126. The third-order valence-electron chi connectivity index (χ3n) is 6.29. The van der Waals surface area contributed by atoms with Gasteiger partial charge < -0.3 is 29.7 Å². The van der Waals surface area contributed by atoms with Crippen molar-refractivity contribution in [1.29, 1.82) is 0 Å². The maximum atomic E-state index is 13.0. The molecule has 4 N–H and O–H groups in total. The Morgan fingerprint density at radius 3 is 2.51 bits per heavy atom. The quantitative estimate of drug-likeness (QED) is 0.244. The number of hydrogen-bond donors (Lipinski definition) is 4. The topological polar surface area (TPSA) is 154 Å². The third-order valence-corrected chi connectivity index (χ3v) is 6.60. The molecular formula is C28H30ClN7O5. The minimum atomic E-state index is -0.619. The fourth-order valence-corrected chi connectivity index (χ4v) is 4.57. The van der Waals surface area contributed by atoms with Gasteiger partial charge in [-0.2, -0.15) is 0 Å². The summed E-state index contributed by atoms with van der Waals surface area (Å²) in [4.78, 5) is 53.9. The number of benzene rings is 2. The first-order valence-electron chi connectivity index (χ1n) is 13.1. The van der Waals surface area contributed by atoms with Gasteiger partial charge in [0, 0.05) is 32.0 Å². The fourth-order valence-electron chi connectivity index (χ4n) is 4.35. The molecule has 1 fully saturated rings. The number of ether oxygens (including phenoxy) is 2. The van der Waals surface area contributed by atoms with Crippen LogP contribution in [0.1, 0.15) is 54.6 Å². The minimum Gasteiger partial charge on any atom is -0.490 e. The maximum Gasteiger partial charge on any atom is 0.410 e. The Bertz CT molecular complexity index is 1550. The second kappa shape index (κ2) is 11.5. The molecule has 214 valence electrons. The molecular weight excluding hydrogens is 550 g/mol. The van der Waals surface area contributed by atoms with Crippen molar-refractivity contribution in [3.63, 3.8) is 0 Å². The smallest absolute Gasteiger partial charge is 0.410 e. The summed E-state index contributed by atoms with van der Waals surface area (Å²) in [5.41, 5.74) is 1.11. The number of nitrogens with one attached hydrogen (secondary N) is 4. The largest absolute Gasteiger partial charge is 0.490 e. The van der Waals surface area contributed by atoms with Crippen LogP contribution in [0.2, 0.25) is 5.02 Å². The molecule has 0 saturated carbocycles. The van der Waals surface area contributed by atoms with Crippen molar-refractivity contribution < 1.29 is 23.9 Å². The highest BCUT2D eigenvalue weighted by molar-refractivity contribution is 6.34. The Kier molecular flexibility index (Phi) is 7.84. The highest BCUT2D eigenvalue weighted by Crippen LogP contribution is 2.29. The number of fused-ring (bicyclic) bond motifs is 1. The molecule has 0 aliphatic carbocycles. The summed E-state index contributed by atoms with van der Waals surface area (Å²) in [6.45, 7) is 6.57. The molecule has 0 bridgehead atoms. The van der Waals surface area contributed by atoms with Crippen LogP contribution in [-0.2, 0) is 4.74 Å². The van der Waals surface area contributed by atoms with Crippen molar-refractivity contribution in [1.82, 2.24) is 24.8 Å². The van der Waals surface area contributed by atoms with Gasteiger partial charge in [-0.05, 0) is 45.0 Å². The van der Waals surface area contributed by atoms with Crippen LogP contribution >= 0.6 is 11.6 Å². The standard InChI is InChI=1S/C28H30ClN7O5/c1-28(2,3)41-27(39)36-12-10-16(11-13-36)40-17-8-9-19(18(29)14-17)32-24(37)22-23(31-15-30-22)25(38)35-26-33-20-6-4-5-7-21(20)34-26/h4-9,14-16H,10-13H2,1-3H3,(H,30,31)(H,32,37)(H2,33,34,35,38). The molecule has 2 aromatic heterocycles. The molecule has 1 aliphatic rings. The van der Waals surface area contributed by atoms with Crippen molar-refractivity contribution in [2.45, 2.75) is 45.3 Å². The Hall–Kier alpha value is -4.58. The van der Waals surface area contributed by atoms with Crippen LogP contribution in [0, 0.1) is 0 Å². The normalized spacial score (nSPS) is 14.1. The van der Waals surface area contributed by atoms with E-state index < -0.39 is 17.4 Å². The number of carbonyl (C=O) groups excluding carboxylic acids is 3. The molecule has 2 aromatic carbocycles. The molecule has 0 radical (unpaired) electrons. The van der Waals surface area contributed by atoms with Gasteiger partial charge in [0.15, 0.2) is 5.69 Å². The zero-order valence-electron chi connectivity index (χ0n) is 22.8. The van der Waals surface area contributed by atoms with E-state index in [2.05, 4.69) is 30.6 Å². The Morgan fingerprint density at radius 1 is 1.05 bits per heavy atom. The lowest BCUT2D eigenvalue weighted by Crippen LogP contribution is -2.44. The number of para-hydroxylation sites is 2. The summed E-state index contributed by atoms with van der Waals surface area (Å²) in [5, 5.41) is 5.59. The third kappa shape index (κ3) is 6.77. The summed E-state index contributed by atoms with van der Waals surface area (Å²) < 4.78 is 11.5. The monoisotopic (exact) mass is 579 g/mol. The van der Waals surface area contributed by atoms with Gasteiger partial charge in [0.05, 0.1) is 28.1 Å². The molecule has 5 rings (SSSR count). The number of halogens is 1. The number of aromatic amines is 2. The van der Waals surface area contributed by atoms with Crippen molar-refractivity contribution in [2.24, 2.45) is 0 Å². The van der Waals surface area contributed by atoms with Gasteiger partial charge >= 0.3 is 6.09 Å². The van der Waals surface area contributed by atoms with Crippen molar-refractivity contribution in [2.75, 3.05) is 23.7 Å². The number of likely N-dealkylation sites (tertiary alicyclic amines) is 1. The summed E-state index contributed by atoms with van der Waals surface area (Å²) in [6, 6.07) is 12.3. The lowest BCUT2D eigenvalue weighted by Gasteiger charge is -2.33. The average molecular weight is 580 g/mol. The number of H-pyrrole nitrogens is 2. The number of carbonyl (C=O) groups is 3. The van der Waals surface area contributed by atoms with Crippen molar-refractivity contribution in [3.05, 3.63) is 65.2 Å². The van der Waals surface area contributed by atoms with E-state index in [1.807, 2.05) is 45.0 Å². The van der Waals surface area contributed by atoms with Crippen LogP contribution in [0.3, 0.4) is 0 Å². The molecule has 0 unspecified atom stereocenters. The number of nitrogens with zero attached hydrogens (tertiary/aromatic N) is 3. The highest BCUT2D eigenvalue weighted by Gasteiger charge is 2.28. The van der Waals surface area contributed by atoms with Gasteiger partial charge in [-0.25, -0.2) is 14.8 Å². The predicted molar refractivity (Wildman–Crippen MR) is 153 cm³/mol. The van der Waals surface area contributed by atoms with Gasteiger partial charge in [0.25, 0.3) is 11.8 Å². The number of anilines is 2. The molecule has 1 saturated heterocycles. The highest BCUT2D eigenvalue weighted by atomic mass is 35.5. The van der Waals surface area contributed by atoms with E-state index >= 15 is 0 Å². The molecule has 13 heteroatoms. The van der Waals surface area contributed by atoms with Crippen molar-refractivity contribution in [3.8, 4) is 5.75 Å². The van der Waals surface area contributed by atoms with Crippen LogP contribution in [0.4, 0.5) is 16.4 Å². The number of hydrogen-bond acceptors (Lipinski definition) is 7. The Labute approximate surface area is 240 Å². The summed E-state index contributed by atoms with van der Waals surface area (Å²) >= 11 is 6.44. The molecule has 41 heavy (non-hydrogen) atoms. The first kappa shape index (κ1) is 28.0. The first-order valence-corrected chi connectivity index (χ1v) is 13.5. The second-order valence-corrected chi connectivity index (χ2v) is 11.0. The van der Waals surface area contributed by atoms with Gasteiger partial charge in [-0.3, -0.25) is 14.9 Å². The van der Waals surface area contributed by atoms with Crippen LogP contribution in [0.15, 0.2) is 48.8 Å². The van der Waals surface area contributed by atoms with E-state index in [1.165, 1.54) is 6.33 Å². The number of aromatic nitrogens is 4. The van der Waals surface area contributed by atoms with E-state index in [9.17, 15) is 14.4 Å². The average Bonchev–Trinajstić information content (AvgIpc) is 3.57. The van der Waals surface area contributed by atoms with Gasteiger partial charge in [0.1, 0.15) is 23.1 Å². The molecule has 3 amide bonds. The van der Waals surface area contributed by atoms with Crippen LogP contribution in [0.25, 0.3) is 11.0 Å². The van der Waals surface area contributed by atoms with Gasteiger partial charge in [0.2, 0.25) is 5.95 Å².